The average Bonchev–Trinajstić information content (AvgIpc) is 3.41. The second-order valence-electron chi connectivity index (χ2n) is 23.2. The molecule has 0 aliphatic heterocycles. The third-order valence-electron chi connectivity index (χ3n) is 15.8. The predicted molar refractivity (Wildman–Crippen MR) is 336 cm³/mol. The first-order valence-electron chi connectivity index (χ1n) is 34.0. The Morgan fingerprint density at radius 2 is 0.587 bits per heavy atom. The lowest BCUT2D eigenvalue weighted by molar-refractivity contribution is -0.123. The van der Waals surface area contributed by atoms with Gasteiger partial charge in [0.25, 0.3) is 0 Å². The highest BCUT2D eigenvalue weighted by Gasteiger charge is 2.18. The molecule has 0 bridgehead atoms. The van der Waals surface area contributed by atoms with Gasteiger partial charge in [-0.25, -0.2) is 0 Å². The molecule has 0 aromatic rings. The highest BCUT2D eigenvalue weighted by molar-refractivity contribution is 5.76. The molecule has 2 atom stereocenters. The van der Waals surface area contributed by atoms with Crippen molar-refractivity contribution in [2.24, 2.45) is 0 Å². The first kappa shape index (κ1) is 73.1. The molecule has 0 aromatic carbocycles. The molecule has 3 N–H and O–H groups in total. The molecule has 0 radical (unpaired) electrons. The van der Waals surface area contributed by atoms with Crippen LogP contribution in [0.5, 0.6) is 0 Å². The fourth-order valence-electron chi connectivity index (χ4n) is 10.6. The van der Waals surface area contributed by atoms with Gasteiger partial charge in [0.15, 0.2) is 0 Å². The van der Waals surface area contributed by atoms with Crippen LogP contribution in [0.3, 0.4) is 0 Å². The molecular formula is C71H133NO3. The Morgan fingerprint density at radius 1 is 0.333 bits per heavy atom. The second-order valence-corrected chi connectivity index (χ2v) is 23.2. The predicted octanol–water partition coefficient (Wildman–Crippen LogP) is 23.1. The van der Waals surface area contributed by atoms with E-state index in [0.717, 1.165) is 51.4 Å². The molecule has 0 aliphatic carbocycles. The van der Waals surface area contributed by atoms with E-state index in [1.165, 1.54) is 295 Å². The maximum absolute atomic E-state index is 12.5. The lowest BCUT2D eigenvalue weighted by atomic mass is 10.0. The van der Waals surface area contributed by atoms with Crippen molar-refractivity contribution in [3.63, 3.8) is 0 Å². The molecule has 0 spiro atoms. The van der Waals surface area contributed by atoms with Crippen LogP contribution in [0.4, 0.5) is 0 Å². The van der Waals surface area contributed by atoms with E-state index in [1.807, 2.05) is 6.08 Å². The van der Waals surface area contributed by atoms with E-state index in [0.29, 0.717) is 6.42 Å². The number of carbonyl (C=O) groups excluding carboxylic acids is 1. The van der Waals surface area contributed by atoms with Crippen LogP contribution >= 0.6 is 0 Å². The summed E-state index contributed by atoms with van der Waals surface area (Å²) in [6.45, 7) is 4.24. The maximum atomic E-state index is 12.5. The van der Waals surface area contributed by atoms with Gasteiger partial charge in [0.05, 0.1) is 18.8 Å². The van der Waals surface area contributed by atoms with Crippen LogP contribution in [-0.2, 0) is 4.79 Å². The van der Waals surface area contributed by atoms with Crippen LogP contribution in [0.25, 0.3) is 0 Å². The van der Waals surface area contributed by atoms with Crippen LogP contribution in [0.2, 0.25) is 0 Å². The molecule has 0 rings (SSSR count). The van der Waals surface area contributed by atoms with Crippen molar-refractivity contribution in [2.75, 3.05) is 6.61 Å². The summed E-state index contributed by atoms with van der Waals surface area (Å²) in [6, 6.07) is -0.625. The summed E-state index contributed by atoms with van der Waals surface area (Å²) in [5.74, 6) is -0.0586. The van der Waals surface area contributed by atoms with E-state index in [-0.39, 0.29) is 12.5 Å². The average molecular weight is 1050 g/mol. The van der Waals surface area contributed by atoms with Crippen LogP contribution in [0.15, 0.2) is 60.8 Å². The molecule has 1 amide bonds. The van der Waals surface area contributed by atoms with Gasteiger partial charge in [-0.2, -0.15) is 0 Å². The van der Waals surface area contributed by atoms with Crippen molar-refractivity contribution < 1.29 is 15.0 Å². The molecule has 0 fully saturated rings. The Balaban J connectivity index is 3.43. The topological polar surface area (TPSA) is 69.6 Å². The molecule has 2 unspecified atom stereocenters. The molecule has 4 heteroatoms. The van der Waals surface area contributed by atoms with Gasteiger partial charge in [-0.3, -0.25) is 4.79 Å². The fraction of sp³-hybridized carbons (Fsp3) is 0.845. The number of amides is 1. The van der Waals surface area contributed by atoms with Crippen LogP contribution in [0, 0.1) is 0 Å². The summed E-state index contributed by atoms with van der Waals surface area (Å²) in [4.78, 5) is 12.5. The summed E-state index contributed by atoms with van der Waals surface area (Å²) < 4.78 is 0. The van der Waals surface area contributed by atoms with E-state index in [9.17, 15) is 15.0 Å². The smallest absolute Gasteiger partial charge is 0.220 e. The summed E-state index contributed by atoms with van der Waals surface area (Å²) in [6.07, 6.45) is 94.4. The molecule has 0 aliphatic rings. The van der Waals surface area contributed by atoms with Crippen LogP contribution in [-0.4, -0.2) is 34.9 Å². The third-order valence-corrected chi connectivity index (χ3v) is 15.8. The Labute approximate surface area is 470 Å². The van der Waals surface area contributed by atoms with Crippen molar-refractivity contribution >= 4 is 5.91 Å². The van der Waals surface area contributed by atoms with Crippen molar-refractivity contribution in [2.45, 2.75) is 379 Å². The quantitative estimate of drug-likeness (QED) is 0.0420. The van der Waals surface area contributed by atoms with Gasteiger partial charge in [0.1, 0.15) is 0 Å². The SMILES string of the molecule is CC/C=C\C/C=C\C/C=C\C/C=C\CCCCCCCCCCCCCCCCCCCCC(=O)NC(CO)C(O)/C=C/CCCCCCCCCCCCCCCCCCCCCCCCCCCCCCCC. The standard InChI is InChI=1S/C71H133NO3/c1-3-5-7-9-11-13-15-17-19-21-23-25-27-29-31-33-35-37-38-40-42-44-46-48-50-52-54-56-58-60-62-64-66-70(74)69(68-73)72-71(75)67-65-63-61-59-57-55-53-51-49-47-45-43-41-39-36-34-32-30-28-26-24-22-20-18-16-14-12-10-8-6-4-2/h6,8,12,14,18,20,24,26,64,66,69-70,73-74H,3-5,7,9-11,13,15-17,19,21-23,25,27-63,65,67-68H2,1-2H3,(H,72,75)/b8-6-,14-12-,20-18-,26-24-,66-64+. The number of hydrogen-bond acceptors (Lipinski definition) is 3. The highest BCUT2D eigenvalue weighted by atomic mass is 16.3. The lowest BCUT2D eigenvalue weighted by Crippen LogP contribution is -2.45. The maximum Gasteiger partial charge on any atom is 0.220 e. The number of unbranched alkanes of at least 4 members (excludes halogenated alkanes) is 48. The van der Waals surface area contributed by atoms with Crippen molar-refractivity contribution in [1.29, 1.82) is 0 Å². The lowest BCUT2D eigenvalue weighted by Gasteiger charge is -2.20. The number of allylic oxidation sites excluding steroid dienone is 9. The van der Waals surface area contributed by atoms with Crippen LogP contribution < -0.4 is 5.32 Å². The summed E-state index contributed by atoms with van der Waals surface area (Å²) >= 11 is 0. The Kier molecular flexibility index (Phi) is 64.7. The minimum absolute atomic E-state index is 0.0586. The van der Waals surface area contributed by atoms with Crippen LogP contribution in [0.1, 0.15) is 367 Å². The van der Waals surface area contributed by atoms with E-state index in [1.54, 1.807) is 6.08 Å². The zero-order valence-electron chi connectivity index (χ0n) is 50.8. The summed E-state index contributed by atoms with van der Waals surface area (Å²) in [5, 5.41) is 23.3. The number of hydrogen-bond donors (Lipinski definition) is 3. The summed E-state index contributed by atoms with van der Waals surface area (Å²) in [7, 11) is 0. The number of aliphatic hydroxyl groups is 2. The first-order valence-corrected chi connectivity index (χ1v) is 34.0. The van der Waals surface area contributed by atoms with E-state index >= 15 is 0 Å². The minimum atomic E-state index is -0.842. The van der Waals surface area contributed by atoms with Crippen molar-refractivity contribution in [1.82, 2.24) is 5.32 Å². The van der Waals surface area contributed by atoms with E-state index in [4.69, 9.17) is 0 Å². The zero-order valence-corrected chi connectivity index (χ0v) is 50.8. The highest BCUT2D eigenvalue weighted by Crippen LogP contribution is 2.19. The molecule has 0 heterocycles. The molecular weight excluding hydrogens is 915 g/mol. The van der Waals surface area contributed by atoms with Crippen molar-refractivity contribution in [3.8, 4) is 0 Å². The van der Waals surface area contributed by atoms with Gasteiger partial charge >= 0.3 is 0 Å². The number of rotatable bonds is 63. The van der Waals surface area contributed by atoms with Gasteiger partial charge in [0.2, 0.25) is 5.91 Å². The zero-order chi connectivity index (χ0) is 54.1. The number of aliphatic hydroxyl groups excluding tert-OH is 2. The largest absolute Gasteiger partial charge is 0.394 e. The Bertz CT molecular complexity index is 1230. The minimum Gasteiger partial charge on any atom is -0.394 e. The summed E-state index contributed by atoms with van der Waals surface area (Å²) in [5.41, 5.74) is 0. The molecule has 75 heavy (non-hydrogen) atoms. The Hall–Kier alpha value is -1.91. The second kappa shape index (κ2) is 66.4. The molecule has 4 nitrogen and oxygen atoms in total. The number of carbonyl (C=O) groups is 1. The first-order chi connectivity index (χ1) is 37.2. The molecule has 440 valence electrons. The molecule has 0 aromatic heterocycles. The van der Waals surface area contributed by atoms with Gasteiger partial charge in [-0.15, -0.1) is 0 Å². The normalized spacial score (nSPS) is 13.1. The van der Waals surface area contributed by atoms with E-state index in [2.05, 4.69) is 67.8 Å². The van der Waals surface area contributed by atoms with Gasteiger partial charge in [0, 0.05) is 6.42 Å². The van der Waals surface area contributed by atoms with E-state index < -0.39 is 12.1 Å². The number of nitrogens with one attached hydrogen (secondary N) is 1. The molecule has 0 saturated heterocycles. The third kappa shape index (κ3) is 62.8. The fourth-order valence-corrected chi connectivity index (χ4v) is 10.6. The monoisotopic (exact) mass is 1050 g/mol. The van der Waals surface area contributed by atoms with Crippen molar-refractivity contribution in [3.05, 3.63) is 60.8 Å². The molecule has 0 saturated carbocycles. The van der Waals surface area contributed by atoms with Gasteiger partial charge in [-0.1, -0.05) is 364 Å². The van der Waals surface area contributed by atoms with Gasteiger partial charge < -0.3 is 15.5 Å². The van der Waals surface area contributed by atoms with Gasteiger partial charge in [-0.05, 0) is 57.8 Å². The Morgan fingerprint density at radius 3 is 0.880 bits per heavy atom.